The molecule has 0 saturated carbocycles. The summed E-state index contributed by atoms with van der Waals surface area (Å²) in [6.07, 6.45) is 3.47. The van der Waals surface area contributed by atoms with Gasteiger partial charge < -0.3 is 24.4 Å². The summed E-state index contributed by atoms with van der Waals surface area (Å²) in [6.45, 7) is 4.12. The summed E-state index contributed by atoms with van der Waals surface area (Å²) in [5.74, 6) is 1.61. The molecule has 0 radical (unpaired) electrons. The van der Waals surface area contributed by atoms with E-state index in [2.05, 4.69) is 152 Å². The Morgan fingerprint density at radius 2 is 1.09 bits per heavy atom. The van der Waals surface area contributed by atoms with E-state index >= 15 is 0 Å². The van der Waals surface area contributed by atoms with Crippen LogP contribution in [0.15, 0.2) is 109 Å². The van der Waals surface area contributed by atoms with Gasteiger partial charge in [-0.15, -0.1) is 53.4 Å². The molecule has 5 aromatic carbocycles. The van der Waals surface area contributed by atoms with Crippen molar-refractivity contribution in [2.24, 2.45) is 0 Å². The van der Waals surface area contributed by atoms with Crippen molar-refractivity contribution in [1.29, 1.82) is 0 Å². The number of fused-ring (bicyclic) bond motifs is 13. The van der Waals surface area contributed by atoms with E-state index in [1.807, 2.05) is 18.6 Å². The molecular weight excluding hydrogens is 760 g/mol. The van der Waals surface area contributed by atoms with Crippen LogP contribution in [0.25, 0.3) is 22.3 Å². The number of hydrogen-bond acceptors (Lipinski definition) is 7. The van der Waals surface area contributed by atoms with Crippen molar-refractivity contribution in [1.82, 2.24) is 9.97 Å². The topological polar surface area (TPSA) is 42.0 Å². The summed E-state index contributed by atoms with van der Waals surface area (Å²) in [7, 11) is 4.09. The second-order valence-corrected chi connectivity index (χ2v) is 12.0. The smallest absolute Gasteiger partial charge is 0.504 e. The van der Waals surface area contributed by atoms with Gasteiger partial charge in [-0.25, -0.2) is 9.97 Å². The van der Waals surface area contributed by atoms with Gasteiger partial charge in [0.25, 0.3) is 0 Å². The summed E-state index contributed by atoms with van der Waals surface area (Å²) in [6, 6.07) is 42.6. The Balaban J connectivity index is 0.00000302. The monoisotopic (exact) mass is 786 g/mol. The molecule has 6 aromatic rings. The zero-order chi connectivity index (χ0) is 30.5. The molecule has 0 atom stereocenters. The van der Waals surface area contributed by atoms with Gasteiger partial charge in [-0.3, -0.25) is 0 Å². The molecule has 0 spiro atoms. The molecule has 0 saturated heterocycles. The quantitative estimate of drug-likeness (QED) is 0.149. The molecule has 0 fully saturated rings. The largest absolute Gasteiger partial charge is 4.00 e. The minimum atomic E-state index is -0.0415. The van der Waals surface area contributed by atoms with Crippen molar-refractivity contribution < 1.29 is 21.1 Å². The molecule has 4 aliphatic heterocycles. The molecular formula is C38H26BN7Pt. The van der Waals surface area contributed by atoms with Crippen LogP contribution >= 0.6 is 0 Å². The summed E-state index contributed by atoms with van der Waals surface area (Å²) >= 11 is 0. The van der Waals surface area contributed by atoms with Crippen molar-refractivity contribution in [2.45, 2.75) is 0 Å². The van der Waals surface area contributed by atoms with Crippen LogP contribution in [-0.4, -0.2) is 30.9 Å². The first-order valence-electron chi connectivity index (χ1n) is 15.4. The van der Waals surface area contributed by atoms with E-state index in [-0.39, 0.29) is 27.9 Å². The Kier molecular flexibility index (Phi) is 6.28. The molecule has 1 aromatic heterocycles. The molecule has 0 N–H and O–H groups in total. The van der Waals surface area contributed by atoms with Crippen LogP contribution in [0.3, 0.4) is 0 Å². The molecule has 0 unspecified atom stereocenters. The molecule has 0 aliphatic carbocycles. The molecule has 4 aliphatic rings. The summed E-state index contributed by atoms with van der Waals surface area (Å²) in [5.41, 5.74) is 13.6. The van der Waals surface area contributed by atoms with Crippen molar-refractivity contribution in [3.63, 3.8) is 0 Å². The SMILES string of the molecule is CN1[CH-]N(c2[c-]c3c(cc2)-c2ccccc2B2c4ccccc4-c4ccc(N5[CH-]N(C)c6nccnc65)[c-]c4N23)c2ccccc21.[Pt+4]. The molecule has 7 nitrogen and oxygen atoms in total. The number of benzene rings is 5. The zero-order valence-electron chi connectivity index (χ0n) is 25.6. The fourth-order valence-corrected chi connectivity index (χ4v) is 7.47. The number of aromatic nitrogens is 2. The van der Waals surface area contributed by atoms with E-state index in [0.717, 1.165) is 51.2 Å². The van der Waals surface area contributed by atoms with Crippen molar-refractivity contribution >= 4 is 63.5 Å². The molecule has 47 heavy (non-hydrogen) atoms. The van der Waals surface area contributed by atoms with Gasteiger partial charge in [-0.05, 0) is 26.2 Å². The molecule has 226 valence electrons. The van der Waals surface area contributed by atoms with Crippen LogP contribution in [0.5, 0.6) is 0 Å². The number of rotatable bonds is 2. The van der Waals surface area contributed by atoms with E-state index in [9.17, 15) is 0 Å². The summed E-state index contributed by atoms with van der Waals surface area (Å²) < 4.78 is 0. The van der Waals surface area contributed by atoms with Gasteiger partial charge in [-0.2, -0.15) is 18.8 Å². The molecule has 0 bridgehead atoms. The number of hydrogen-bond donors (Lipinski definition) is 0. The fourth-order valence-electron chi connectivity index (χ4n) is 7.47. The number of anilines is 8. The maximum Gasteiger partial charge on any atom is 4.00 e. The van der Waals surface area contributed by atoms with E-state index in [1.54, 1.807) is 12.4 Å². The average molecular weight is 787 g/mol. The van der Waals surface area contributed by atoms with Crippen molar-refractivity contribution in [2.75, 3.05) is 38.5 Å². The fraction of sp³-hybridized carbons (Fsp3) is 0.0526. The number of para-hydroxylation sites is 2. The van der Waals surface area contributed by atoms with Gasteiger partial charge >= 0.3 is 27.9 Å². The van der Waals surface area contributed by atoms with Gasteiger partial charge in [0.1, 0.15) is 11.6 Å². The maximum atomic E-state index is 4.68. The standard InChI is InChI=1S/C38H26BN7.Pt/c1-42-23-44(34-14-8-7-13-33(34)42)25-15-17-29-27-9-3-5-11-31(27)39-32-12-6-4-10-28(32)30-18-16-26(22-36(30)46(39)35(29)21-25)45-24-43(2)37-38(45)41-20-19-40-37;/h3-20,23-24H,1-2H3;/q-4;+4. The Bertz CT molecular complexity index is 2070. The van der Waals surface area contributed by atoms with Gasteiger partial charge in [0, 0.05) is 23.8 Å². The Hall–Kier alpha value is -5.07. The van der Waals surface area contributed by atoms with Gasteiger partial charge in [0.2, 0.25) is 0 Å². The first kappa shape index (κ1) is 28.2. The predicted molar refractivity (Wildman–Crippen MR) is 187 cm³/mol. The van der Waals surface area contributed by atoms with Gasteiger partial charge in [0.05, 0.1) is 0 Å². The van der Waals surface area contributed by atoms with E-state index in [4.69, 9.17) is 0 Å². The third-order valence-electron chi connectivity index (χ3n) is 9.49. The molecule has 10 rings (SSSR count). The van der Waals surface area contributed by atoms with Gasteiger partial charge in [-0.1, -0.05) is 94.1 Å². The molecule has 5 heterocycles. The van der Waals surface area contributed by atoms with Crippen LogP contribution in [0, 0.1) is 25.5 Å². The Morgan fingerprint density at radius 3 is 1.74 bits per heavy atom. The minimum Gasteiger partial charge on any atom is -0.504 e. The van der Waals surface area contributed by atoms with Crippen molar-refractivity contribution in [3.05, 3.63) is 135 Å². The van der Waals surface area contributed by atoms with Crippen molar-refractivity contribution in [3.8, 4) is 22.3 Å². The average Bonchev–Trinajstić information content (AvgIpc) is 3.64. The van der Waals surface area contributed by atoms with Crippen LogP contribution < -0.4 is 35.3 Å². The van der Waals surface area contributed by atoms with E-state index in [0.29, 0.717) is 0 Å². The molecule has 0 amide bonds. The molecule has 9 heteroatoms. The maximum absolute atomic E-state index is 4.68. The van der Waals surface area contributed by atoms with Crippen LogP contribution in [0.4, 0.5) is 45.8 Å². The number of nitrogens with zero attached hydrogens (tertiary/aromatic N) is 7. The first-order valence-corrected chi connectivity index (χ1v) is 15.4. The Morgan fingerprint density at radius 1 is 0.553 bits per heavy atom. The zero-order valence-corrected chi connectivity index (χ0v) is 27.8. The Labute approximate surface area is 289 Å². The first-order chi connectivity index (χ1) is 22.7. The third kappa shape index (κ3) is 3.98. The minimum absolute atomic E-state index is 0. The van der Waals surface area contributed by atoms with Crippen LogP contribution in [-0.2, 0) is 21.1 Å². The second-order valence-electron chi connectivity index (χ2n) is 12.0. The van der Waals surface area contributed by atoms with Crippen LogP contribution in [0.2, 0.25) is 0 Å². The summed E-state index contributed by atoms with van der Waals surface area (Å²) in [4.78, 5) is 20.2. The third-order valence-corrected chi connectivity index (χ3v) is 9.49. The normalized spacial score (nSPS) is 14.9. The van der Waals surface area contributed by atoms with E-state index in [1.165, 1.54) is 27.7 Å². The van der Waals surface area contributed by atoms with Gasteiger partial charge in [0.15, 0.2) is 0 Å². The van der Waals surface area contributed by atoms with E-state index < -0.39 is 0 Å². The van der Waals surface area contributed by atoms with Crippen LogP contribution in [0.1, 0.15) is 0 Å². The summed E-state index contributed by atoms with van der Waals surface area (Å²) in [5, 5.41) is 0. The second kappa shape index (κ2) is 10.5. The predicted octanol–water partition coefficient (Wildman–Crippen LogP) is 6.39.